The molecule has 4 aliphatic carbocycles. The van der Waals surface area contributed by atoms with Crippen LogP contribution < -0.4 is 0 Å². The molecule has 4 rings (SSSR count). The normalized spacial score (nSPS) is 47.6. The van der Waals surface area contributed by atoms with Gasteiger partial charge >= 0.3 is 5.97 Å². The van der Waals surface area contributed by atoms with Crippen LogP contribution in [0.15, 0.2) is 0 Å². The molecular weight excluding hydrogens is 372 g/mol. The summed E-state index contributed by atoms with van der Waals surface area (Å²) in [5.74, 6) is 4.12. The molecule has 30 heavy (non-hydrogen) atoms. The van der Waals surface area contributed by atoms with Crippen LogP contribution in [0.5, 0.6) is 0 Å². The first-order chi connectivity index (χ1) is 14.2. The zero-order chi connectivity index (χ0) is 21.7. The third-order valence-electron chi connectivity index (χ3n) is 11.1. The minimum atomic E-state index is -0.645. The van der Waals surface area contributed by atoms with Crippen molar-refractivity contribution in [3.63, 3.8) is 0 Å². The molecule has 0 aromatic rings. The summed E-state index contributed by atoms with van der Waals surface area (Å²) in [6.45, 7) is 9.52. The molecule has 0 aromatic carbocycles. The van der Waals surface area contributed by atoms with Crippen molar-refractivity contribution in [3.05, 3.63) is 0 Å². The van der Waals surface area contributed by atoms with E-state index in [1.54, 1.807) is 0 Å². The van der Waals surface area contributed by atoms with Crippen molar-refractivity contribution in [1.29, 1.82) is 0 Å². The van der Waals surface area contributed by atoms with Gasteiger partial charge in [-0.1, -0.05) is 40.5 Å². The van der Waals surface area contributed by atoms with Crippen LogP contribution in [0.25, 0.3) is 0 Å². The van der Waals surface area contributed by atoms with E-state index >= 15 is 0 Å². The second-order valence-electron chi connectivity index (χ2n) is 12.5. The van der Waals surface area contributed by atoms with Crippen molar-refractivity contribution >= 4 is 5.97 Å². The maximum atomic E-state index is 11.1. The number of aliphatic hydroxyl groups is 1. The van der Waals surface area contributed by atoms with E-state index < -0.39 is 5.97 Å². The van der Waals surface area contributed by atoms with E-state index in [0.717, 1.165) is 55.3 Å². The minimum Gasteiger partial charge on any atom is -0.481 e. The van der Waals surface area contributed by atoms with Gasteiger partial charge in [-0.25, -0.2) is 0 Å². The lowest BCUT2D eigenvalue weighted by Gasteiger charge is -2.61. The molecule has 0 amide bonds. The van der Waals surface area contributed by atoms with Gasteiger partial charge in [0.05, 0.1) is 12.0 Å². The summed E-state index contributed by atoms with van der Waals surface area (Å²) in [6.07, 6.45) is 14.7. The lowest BCUT2D eigenvalue weighted by molar-refractivity contribution is -0.141. The molecule has 0 aromatic heterocycles. The number of aliphatic hydroxyl groups excluding tert-OH is 1. The third-order valence-corrected chi connectivity index (χ3v) is 11.1. The Morgan fingerprint density at radius 2 is 1.63 bits per heavy atom. The first kappa shape index (κ1) is 22.6. The molecule has 0 bridgehead atoms. The van der Waals surface area contributed by atoms with E-state index in [-0.39, 0.29) is 12.0 Å². The standard InChI is InChI=1S/C27H46O3/c1-17(6-5-7-18(2)25(29)30)22-10-11-23-21-9-8-19-16-20(28)12-14-26(19,3)24(21)13-15-27(22,23)4/h17-24,28H,5-16H2,1-4H3,(H,29,30)/t17-,18?,19?,20?,21+,22-,23+,24+,26+,27-/m1/s1. The van der Waals surface area contributed by atoms with Crippen LogP contribution in [0, 0.1) is 52.3 Å². The van der Waals surface area contributed by atoms with Crippen LogP contribution in [0.4, 0.5) is 0 Å². The number of rotatable bonds is 6. The lowest BCUT2D eigenvalue weighted by Crippen LogP contribution is -2.54. The zero-order valence-corrected chi connectivity index (χ0v) is 19.9. The van der Waals surface area contributed by atoms with E-state index in [2.05, 4.69) is 20.8 Å². The maximum absolute atomic E-state index is 11.1. The molecule has 0 radical (unpaired) electrons. The number of aliphatic carboxylic acids is 1. The Labute approximate surface area is 184 Å². The van der Waals surface area contributed by atoms with Crippen molar-refractivity contribution in [2.75, 3.05) is 0 Å². The van der Waals surface area contributed by atoms with E-state index in [1.807, 2.05) is 6.92 Å². The molecular formula is C27H46O3. The lowest BCUT2D eigenvalue weighted by atomic mass is 9.44. The number of carboxylic acid groups (broad SMARTS) is 1. The summed E-state index contributed by atoms with van der Waals surface area (Å²) in [6, 6.07) is 0. The second kappa shape index (κ2) is 8.41. The molecule has 4 fully saturated rings. The highest BCUT2D eigenvalue weighted by molar-refractivity contribution is 5.69. The predicted octanol–water partition coefficient (Wildman–Crippen LogP) is 6.53. The first-order valence-electron chi connectivity index (χ1n) is 13.1. The van der Waals surface area contributed by atoms with Crippen LogP contribution in [0.3, 0.4) is 0 Å². The van der Waals surface area contributed by atoms with E-state index in [1.165, 1.54) is 51.4 Å². The Kier molecular flexibility index (Phi) is 6.34. The molecule has 2 N–H and O–H groups in total. The molecule has 0 saturated heterocycles. The van der Waals surface area contributed by atoms with Gasteiger partial charge in [0, 0.05) is 0 Å². The SMILES string of the molecule is CC(CCC[C@@H](C)[C@H]1CC[C@H]2[C@@H]3CCC4CC(O)CC[C@]4(C)[C@H]3CC[C@]12C)C(=O)O. The average Bonchev–Trinajstić information content (AvgIpc) is 3.05. The predicted molar refractivity (Wildman–Crippen MR) is 121 cm³/mol. The van der Waals surface area contributed by atoms with Crippen LogP contribution in [-0.4, -0.2) is 22.3 Å². The fourth-order valence-electron chi connectivity index (χ4n) is 9.28. The Hall–Kier alpha value is -0.570. The summed E-state index contributed by atoms with van der Waals surface area (Å²) in [5.41, 5.74) is 0.969. The molecule has 3 nitrogen and oxygen atoms in total. The topological polar surface area (TPSA) is 57.5 Å². The van der Waals surface area contributed by atoms with E-state index in [9.17, 15) is 9.90 Å². The number of hydrogen-bond acceptors (Lipinski definition) is 2. The van der Waals surface area contributed by atoms with Gasteiger partial charge in [0.15, 0.2) is 0 Å². The minimum absolute atomic E-state index is 0.0472. The van der Waals surface area contributed by atoms with Crippen LogP contribution in [0.2, 0.25) is 0 Å². The highest BCUT2D eigenvalue weighted by atomic mass is 16.4. The summed E-state index contributed by atoms with van der Waals surface area (Å²) in [4.78, 5) is 11.1. The molecule has 4 aliphatic rings. The van der Waals surface area contributed by atoms with Gasteiger partial charge in [-0.05, 0) is 111 Å². The van der Waals surface area contributed by atoms with Crippen molar-refractivity contribution in [2.45, 2.75) is 111 Å². The molecule has 10 atom stereocenters. The van der Waals surface area contributed by atoms with E-state index in [0.29, 0.717) is 16.7 Å². The molecule has 172 valence electrons. The number of hydrogen-bond donors (Lipinski definition) is 2. The van der Waals surface area contributed by atoms with Gasteiger partial charge in [-0.2, -0.15) is 0 Å². The summed E-state index contributed by atoms with van der Waals surface area (Å²) >= 11 is 0. The van der Waals surface area contributed by atoms with Crippen molar-refractivity contribution in [3.8, 4) is 0 Å². The van der Waals surface area contributed by atoms with Gasteiger partial charge in [0.1, 0.15) is 0 Å². The second-order valence-corrected chi connectivity index (χ2v) is 12.5. The summed E-state index contributed by atoms with van der Waals surface area (Å²) in [5, 5.41) is 19.4. The zero-order valence-electron chi connectivity index (χ0n) is 19.9. The Morgan fingerprint density at radius 3 is 2.37 bits per heavy atom. The average molecular weight is 419 g/mol. The Balaban J connectivity index is 1.42. The largest absolute Gasteiger partial charge is 0.481 e. The Bertz CT molecular complexity index is 632. The Morgan fingerprint density at radius 1 is 0.933 bits per heavy atom. The number of carboxylic acids is 1. The molecule has 3 heteroatoms. The van der Waals surface area contributed by atoms with Gasteiger partial charge < -0.3 is 10.2 Å². The van der Waals surface area contributed by atoms with Gasteiger partial charge in [-0.3, -0.25) is 4.79 Å². The molecule has 0 heterocycles. The monoisotopic (exact) mass is 418 g/mol. The third kappa shape index (κ3) is 3.76. The molecule has 0 aliphatic heterocycles. The maximum Gasteiger partial charge on any atom is 0.306 e. The molecule has 4 saturated carbocycles. The molecule has 3 unspecified atom stereocenters. The van der Waals surface area contributed by atoms with E-state index in [4.69, 9.17) is 5.11 Å². The summed E-state index contributed by atoms with van der Waals surface area (Å²) in [7, 11) is 0. The van der Waals surface area contributed by atoms with Gasteiger partial charge in [-0.15, -0.1) is 0 Å². The van der Waals surface area contributed by atoms with Crippen molar-refractivity contribution < 1.29 is 15.0 Å². The number of fused-ring (bicyclic) bond motifs is 5. The highest BCUT2D eigenvalue weighted by Crippen LogP contribution is 2.68. The van der Waals surface area contributed by atoms with Gasteiger partial charge in [0.2, 0.25) is 0 Å². The number of carbonyl (C=O) groups is 1. The van der Waals surface area contributed by atoms with Crippen LogP contribution >= 0.6 is 0 Å². The fraction of sp³-hybridized carbons (Fsp3) is 0.963. The molecule has 0 spiro atoms. The fourth-order valence-corrected chi connectivity index (χ4v) is 9.28. The van der Waals surface area contributed by atoms with Crippen molar-refractivity contribution in [1.82, 2.24) is 0 Å². The van der Waals surface area contributed by atoms with Crippen LogP contribution in [-0.2, 0) is 4.79 Å². The van der Waals surface area contributed by atoms with Crippen molar-refractivity contribution in [2.24, 2.45) is 52.3 Å². The first-order valence-corrected chi connectivity index (χ1v) is 13.1. The van der Waals surface area contributed by atoms with Gasteiger partial charge in [0.25, 0.3) is 0 Å². The highest BCUT2D eigenvalue weighted by Gasteiger charge is 2.60. The quantitative estimate of drug-likeness (QED) is 0.515. The smallest absolute Gasteiger partial charge is 0.306 e. The summed E-state index contributed by atoms with van der Waals surface area (Å²) < 4.78 is 0. The van der Waals surface area contributed by atoms with Crippen LogP contribution in [0.1, 0.15) is 105 Å².